The molecule has 3 nitrogen and oxygen atoms in total. The first-order valence-electron chi connectivity index (χ1n) is 6.30. The molecule has 0 unspecified atom stereocenters. The van der Waals surface area contributed by atoms with Gasteiger partial charge in [0.2, 0.25) is 0 Å². The van der Waals surface area contributed by atoms with Crippen molar-refractivity contribution < 1.29 is 9.90 Å². The molecule has 20 heavy (non-hydrogen) atoms. The van der Waals surface area contributed by atoms with E-state index in [2.05, 4.69) is 4.98 Å². The molecule has 0 bridgehead atoms. The Labute approximate surface area is 123 Å². The Morgan fingerprint density at radius 3 is 2.35 bits per heavy atom. The van der Waals surface area contributed by atoms with Crippen molar-refractivity contribution in [2.75, 3.05) is 0 Å². The molecule has 0 saturated heterocycles. The maximum absolute atomic E-state index is 11.3. The second-order valence-electron chi connectivity index (χ2n) is 5.63. The first-order chi connectivity index (χ1) is 9.30. The van der Waals surface area contributed by atoms with Crippen molar-refractivity contribution in [3.63, 3.8) is 0 Å². The van der Waals surface area contributed by atoms with E-state index in [1.165, 1.54) is 0 Å². The average molecular weight is 290 g/mol. The Morgan fingerprint density at radius 1 is 1.15 bits per heavy atom. The Bertz CT molecular complexity index is 660. The fraction of sp³-hybridized carbons (Fsp3) is 0.250. The summed E-state index contributed by atoms with van der Waals surface area (Å²) in [5.41, 5.74) is 1.92. The van der Waals surface area contributed by atoms with Gasteiger partial charge in [0.05, 0.1) is 17.0 Å². The van der Waals surface area contributed by atoms with Gasteiger partial charge in [-0.1, -0.05) is 50.6 Å². The lowest BCUT2D eigenvalue weighted by molar-refractivity contribution is 0.0693. The van der Waals surface area contributed by atoms with E-state index < -0.39 is 5.97 Å². The summed E-state index contributed by atoms with van der Waals surface area (Å²) in [5.74, 6) is -0.965. The van der Waals surface area contributed by atoms with Crippen molar-refractivity contribution in [1.29, 1.82) is 0 Å². The zero-order valence-electron chi connectivity index (χ0n) is 11.6. The molecule has 0 fully saturated rings. The number of hydrogen-bond acceptors (Lipinski definition) is 2. The van der Waals surface area contributed by atoms with Crippen molar-refractivity contribution in [2.24, 2.45) is 0 Å². The average Bonchev–Trinajstić information content (AvgIpc) is 2.37. The molecular weight excluding hydrogens is 274 g/mol. The minimum absolute atomic E-state index is 0.230. The molecule has 104 valence electrons. The zero-order valence-corrected chi connectivity index (χ0v) is 12.4. The maximum Gasteiger partial charge on any atom is 0.337 e. The maximum atomic E-state index is 11.3. The highest BCUT2D eigenvalue weighted by molar-refractivity contribution is 6.33. The molecule has 2 aromatic rings. The van der Waals surface area contributed by atoms with E-state index in [0.717, 1.165) is 5.56 Å². The molecule has 0 atom stereocenters. The van der Waals surface area contributed by atoms with Gasteiger partial charge < -0.3 is 5.11 Å². The summed E-state index contributed by atoms with van der Waals surface area (Å²) in [6, 6.07) is 10.7. The van der Waals surface area contributed by atoms with Crippen molar-refractivity contribution in [3.05, 3.63) is 52.7 Å². The highest BCUT2D eigenvalue weighted by Gasteiger charge is 2.24. The lowest BCUT2D eigenvalue weighted by atomic mass is 9.88. The number of carboxylic acid groups (broad SMARTS) is 1. The van der Waals surface area contributed by atoms with E-state index in [4.69, 9.17) is 11.6 Å². The topological polar surface area (TPSA) is 50.2 Å². The van der Waals surface area contributed by atoms with E-state index in [-0.39, 0.29) is 11.0 Å². The molecule has 0 radical (unpaired) electrons. The van der Waals surface area contributed by atoms with Crippen LogP contribution >= 0.6 is 11.6 Å². The van der Waals surface area contributed by atoms with Gasteiger partial charge in [0.1, 0.15) is 0 Å². The molecular formula is C16H16ClNO2. The number of carbonyl (C=O) groups is 1. The molecule has 0 amide bonds. The Hall–Kier alpha value is -1.87. The van der Waals surface area contributed by atoms with Crippen LogP contribution in [-0.4, -0.2) is 16.1 Å². The summed E-state index contributed by atoms with van der Waals surface area (Å²) >= 11 is 6.17. The summed E-state index contributed by atoms with van der Waals surface area (Å²) in [5, 5.41) is 9.88. The highest BCUT2D eigenvalue weighted by Crippen LogP contribution is 2.30. The van der Waals surface area contributed by atoms with E-state index in [9.17, 15) is 9.90 Å². The normalized spacial score (nSPS) is 11.4. The van der Waals surface area contributed by atoms with Crippen molar-refractivity contribution in [2.45, 2.75) is 26.2 Å². The van der Waals surface area contributed by atoms with Crippen LogP contribution in [0.25, 0.3) is 11.3 Å². The molecule has 1 aromatic carbocycles. The molecule has 0 spiro atoms. The Kier molecular flexibility index (Phi) is 3.82. The van der Waals surface area contributed by atoms with Gasteiger partial charge in [-0.15, -0.1) is 0 Å². The largest absolute Gasteiger partial charge is 0.478 e. The zero-order chi connectivity index (χ0) is 14.9. The second-order valence-corrected chi connectivity index (χ2v) is 6.03. The fourth-order valence-electron chi connectivity index (χ4n) is 2.02. The molecule has 1 aromatic heterocycles. The number of pyridine rings is 1. The predicted molar refractivity (Wildman–Crippen MR) is 80.3 cm³/mol. The van der Waals surface area contributed by atoms with Crippen molar-refractivity contribution in [1.82, 2.24) is 4.98 Å². The molecule has 1 heterocycles. The lowest BCUT2D eigenvalue weighted by Gasteiger charge is -2.21. The summed E-state index contributed by atoms with van der Waals surface area (Å²) in [7, 11) is 0. The third-order valence-electron chi connectivity index (χ3n) is 2.99. The van der Waals surface area contributed by atoms with Crippen molar-refractivity contribution in [3.8, 4) is 11.3 Å². The highest BCUT2D eigenvalue weighted by atomic mass is 35.5. The number of rotatable bonds is 2. The number of carboxylic acids is 1. The van der Waals surface area contributed by atoms with Gasteiger partial charge in [-0.3, -0.25) is 4.98 Å². The molecule has 0 aliphatic heterocycles. The Morgan fingerprint density at radius 2 is 1.80 bits per heavy atom. The standard InChI is InChI=1S/C16H16ClNO2/c1-16(2,3)14-11(15(19)20)8-9-13(18-14)10-6-4-5-7-12(10)17/h4-9H,1-3H3,(H,19,20). The first-order valence-corrected chi connectivity index (χ1v) is 6.68. The molecule has 4 heteroatoms. The van der Waals surface area contributed by atoms with Crippen molar-refractivity contribution >= 4 is 17.6 Å². The lowest BCUT2D eigenvalue weighted by Crippen LogP contribution is -2.19. The molecule has 0 aliphatic carbocycles. The van der Waals surface area contributed by atoms with Crippen LogP contribution in [-0.2, 0) is 5.41 Å². The second kappa shape index (κ2) is 5.25. The van der Waals surface area contributed by atoms with Crippen LogP contribution in [0, 0.1) is 0 Å². The van der Waals surface area contributed by atoms with Crippen LogP contribution in [0.2, 0.25) is 5.02 Å². The SMILES string of the molecule is CC(C)(C)c1nc(-c2ccccc2Cl)ccc1C(=O)O. The molecule has 1 N–H and O–H groups in total. The van der Waals surface area contributed by atoms with Crippen LogP contribution in [0.4, 0.5) is 0 Å². The van der Waals surface area contributed by atoms with Gasteiger partial charge in [-0.25, -0.2) is 4.79 Å². The van der Waals surface area contributed by atoms with Crippen LogP contribution in [0.3, 0.4) is 0 Å². The minimum atomic E-state index is -0.965. The van der Waals surface area contributed by atoms with E-state index in [1.807, 2.05) is 39.0 Å². The molecule has 0 aliphatic rings. The fourth-order valence-corrected chi connectivity index (χ4v) is 2.25. The number of aromatic nitrogens is 1. The minimum Gasteiger partial charge on any atom is -0.478 e. The van der Waals surface area contributed by atoms with Gasteiger partial charge in [-0.05, 0) is 18.2 Å². The molecule has 0 saturated carbocycles. The van der Waals surface area contributed by atoms with Gasteiger partial charge in [0, 0.05) is 16.0 Å². The predicted octanol–water partition coefficient (Wildman–Crippen LogP) is 4.40. The summed E-state index contributed by atoms with van der Waals surface area (Å²) in [6.07, 6.45) is 0. The van der Waals surface area contributed by atoms with E-state index >= 15 is 0 Å². The van der Waals surface area contributed by atoms with Gasteiger partial charge >= 0.3 is 5.97 Å². The third kappa shape index (κ3) is 2.83. The number of nitrogens with zero attached hydrogens (tertiary/aromatic N) is 1. The smallest absolute Gasteiger partial charge is 0.337 e. The Balaban J connectivity index is 2.65. The number of hydrogen-bond donors (Lipinski definition) is 1. The van der Waals surface area contributed by atoms with Crippen LogP contribution in [0.5, 0.6) is 0 Å². The van der Waals surface area contributed by atoms with Gasteiger partial charge in [-0.2, -0.15) is 0 Å². The number of benzene rings is 1. The van der Waals surface area contributed by atoms with Crippen LogP contribution in [0.15, 0.2) is 36.4 Å². The van der Waals surface area contributed by atoms with Crippen LogP contribution < -0.4 is 0 Å². The monoisotopic (exact) mass is 289 g/mol. The summed E-state index contributed by atoms with van der Waals surface area (Å²) in [6.45, 7) is 5.83. The van der Waals surface area contributed by atoms with Gasteiger partial charge in [0.15, 0.2) is 0 Å². The first kappa shape index (κ1) is 14.5. The number of aromatic carboxylic acids is 1. The number of halogens is 1. The van der Waals surface area contributed by atoms with Crippen LogP contribution in [0.1, 0.15) is 36.8 Å². The third-order valence-corrected chi connectivity index (χ3v) is 3.32. The van der Waals surface area contributed by atoms with Gasteiger partial charge in [0.25, 0.3) is 0 Å². The molecule has 2 rings (SSSR count). The van der Waals surface area contributed by atoms with E-state index in [0.29, 0.717) is 16.4 Å². The summed E-state index contributed by atoms with van der Waals surface area (Å²) in [4.78, 5) is 15.8. The quantitative estimate of drug-likeness (QED) is 0.891. The summed E-state index contributed by atoms with van der Waals surface area (Å²) < 4.78 is 0. The van der Waals surface area contributed by atoms with E-state index in [1.54, 1.807) is 18.2 Å².